The molecule has 4 aromatic rings. The summed E-state index contributed by atoms with van der Waals surface area (Å²) in [6.07, 6.45) is 0. The van der Waals surface area contributed by atoms with Crippen molar-refractivity contribution in [1.29, 1.82) is 0 Å². The van der Waals surface area contributed by atoms with Crippen LogP contribution >= 0.6 is 34.4 Å². The SMILES string of the molecule is CN(Cc1ccsc1)C(=O)CSc1nc(-c2cccs2)nc2ccccc12. The largest absolute Gasteiger partial charge is 0.341 e. The van der Waals surface area contributed by atoms with Crippen LogP contribution in [0.3, 0.4) is 0 Å². The third-order valence-corrected chi connectivity index (χ3v) is 6.64. The van der Waals surface area contributed by atoms with Gasteiger partial charge < -0.3 is 4.90 Å². The van der Waals surface area contributed by atoms with Crippen LogP contribution in [-0.2, 0) is 11.3 Å². The van der Waals surface area contributed by atoms with Gasteiger partial charge in [0.1, 0.15) is 5.03 Å². The first kappa shape index (κ1) is 18.2. The predicted molar refractivity (Wildman–Crippen MR) is 114 cm³/mol. The normalized spacial score (nSPS) is 11.0. The van der Waals surface area contributed by atoms with Gasteiger partial charge in [-0.3, -0.25) is 4.79 Å². The number of benzene rings is 1. The van der Waals surface area contributed by atoms with Gasteiger partial charge in [-0.05, 0) is 39.9 Å². The number of hydrogen-bond acceptors (Lipinski definition) is 6. The van der Waals surface area contributed by atoms with Gasteiger partial charge >= 0.3 is 0 Å². The Hall–Kier alpha value is -2.22. The van der Waals surface area contributed by atoms with Gasteiger partial charge in [0.25, 0.3) is 0 Å². The fourth-order valence-electron chi connectivity index (χ4n) is 2.66. The number of nitrogens with zero attached hydrogens (tertiary/aromatic N) is 3. The molecule has 4 rings (SSSR count). The number of para-hydroxylation sites is 1. The quantitative estimate of drug-likeness (QED) is 0.324. The van der Waals surface area contributed by atoms with Gasteiger partial charge in [0.15, 0.2) is 5.82 Å². The molecule has 27 heavy (non-hydrogen) atoms. The number of fused-ring (bicyclic) bond motifs is 1. The number of aromatic nitrogens is 2. The zero-order valence-corrected chi connectivity index (χ0v) is 17.1. The Labute approximate surface area is 169 Å². The Balaban J connectivity index is 1.55. The number of amides is 1. The molecule has 0 radical (unpaired) electrons. The molecule has 0 saturated heterocycles. The molecule has 0 N–H and O–H groups in total. The fraction of sp³-hybridized carbons (Fsp3) is 0.150. The number of hydrogen-bond donors (Lipinski definition) is 0. The molecule has 0 unspecified atom stereocenters. The second-order valence-corrected chi connectivity index (χ2v) is 8.71. The van der Waals surface area contributed by atoms with E-state index < -0.39 is 0 Å². The van der Waals surface area contributed by atoms with E-state index in [0.717, 1.165) is 26.4 Å². The summed E-state index contributed by atoms with van der Waals surface area (Å²) in [6.45, 7) is 0.633. The van der Waals surface area contributed by atoms with Crippen molar-refractivity contribution in [2.75, 3.05) is 12.8 Å². The molecule has 0 aliphatic carbocycles. The molecule has 136 valence electrons. The zero-order chi connectivity index (χ0) is 18.6. The van der Waals surface area contributed by atoms with Crippen LogP contribution in [0.1, 0.15) is 5.56 Å². The lowest BCUT2D eigenvalue weighted by Gasteiger charge is -2.16. The van der Waals surface area contributed by atoms with Crippen molar-refractivity contribution in [3.8, 4) is 10.7 Å². The summed E-state index contributed by atoms with van der Waals surface area (Å²) in [7, 11) is 1.84. The molecule has 1 aromatic carbocycles. The van der Waals surface area contributed by atoms with E-state index in [9.17, 15) is 4.79 Å². The predicted octanol–water partition coefficient (Wildman–Crippen LogP) is 5.17. The lowest BCUT2D eigenvalue weighted by Crippen LogP contribution is -2.27. The highest BCUT2D eigenvalue weighted by atomic mass is 32.2. The highest BCUT2D eigenvalue weighted by molar-refractivity contribution is 8.00. The fourth-order valence-corrected chi connectivity index (χ4v) is 4.94. The van der Waals surface area contributed by atoms with E-state index in [1.165, 1.54) is 11.8 Å². The van der Waals surface area contributed by atoms with Gasteiger partial charge in [-0.25, -0.2) is 9.97 Å². The molecule has 7 heteroatoms. The summed E-state index contributed by atoms with van der Waals surface area (Å²) in [5, 5.41) is 7.95. The van der Waals surface area contributed by atoms with Gasteiger partial charge in [0, 0.05) is 19.0 Å². The molecule has 0 bridgehead atoms. The monoisotopic (exact) mass is 411 g/mol. The summed E-state index contributed by atoms with van der Waals surface area (Å²) in [5.74, 6) is 1.16. The molecular formula is C20H17N3OS3. The molecular weight excluding hydrogens is 394 g/mol. The van der Waals surface area contributed by atoms with Crippen molar-refractivity contribution in [1.82, 2.24) is 14.9 Å². The van der Waals surface area contributed by atoms with E-state index in [4.69, 9.17) is 4.98 Å². The van der Waals surface area contributed by atoms with Crippen molar-refractivity contribution < 1.29 is 4.79 Å². The summed E-state index contributed by atoms with van der Waals surface area (Å²) < 4.78 is 0. The number of carbonyl (C=O) groups excluding carboxylic acids is 1. The smallest absolute Gasteiger partial charge is 0.233 e. The standard InChI is InChI=1S/C20H17N3OS3/c1-23(11-14-8-10-25-12-14)18(24)13-27-20-15-5-2-3-6-16(15)21-19(22-20)17-7-4-9-26-17/h2-10,12H,11,13H2,1H3. The van der Waals surface area contributed by atoms with Crippen LogP contribution in [0.4, 0.5) is 0 Å². The Morgan fingerprint density at radius 3 is 2.78 bits per heavy atom. The van der Waals surface area contributed by atoms with E-state index in [-0.39, 0.29) is 5.91 Å². The summed E-state index contributed by atoms with van der Waals surface area (Å²) in [4.78, 5) is 24.8. The molecule has 0 fully saturated rings. The van der Waals surface area contributed by atoms with E-state index in [1.807, 2.05) is 60.3 Å². The van der Waals surface area contributed by atoms with Crippen molar-refractivity contribution in [2.45, 2.75) is 11.6 Å². The van der Waals surface area contributed by atoms with Crippen LogP contribution in [-0.4, -0.2) is 33.6 Å². The Kier molecular flexibility index (Phi) is 5.52. The summed E-state index contributed by atoms with van der Waals surface area (Å²) >= 11 is 4.74. The molecule has 0 saturated carbocycles. The first-order valence-electron chi connectivity index (χ1n) is 8.39. The third-order valence-electron chi connectivity index (χ3n) is 4.07. The maximum Gasteiger partial charge on any atom is 0.233 e. The van der Waals surface area contributed by atoms with Gasteiger partial charge in [-0.15, -0.1) is 11.3 Å². The molecule has 3 heterocycles. The average Bonchev–Trinajstić information content (AvgIpc) is 3.39. The van der Waals surface area contributed by atoms with Crippen LogP contribution in [0.15, 0.2) is 63.6 Å². The first-order valence-corrected chi connectivity index (χ1v) is 11.2. The molecule has 1 amide bonds. The van der Waals surface area contributed by atoms with Crippen LogP contribution in [0.5, 0.6) is 0 Å². The Bertz CT molecular complexity index is 1050. The van der Waals surface area contributed by atoms with E-state index in [1.54, 1.807) is 27.6 Å². The minimum Gasteiger partial charge on any atom is -0.341 e. The maximum absolute atomic E-state index is 12.6. The van der Waals surface area contributed by atoms with Gasteiger partial charge in [0.05, 0.1) is 16.1 Å². The molecule has 0 atom stereocenters. The highest BCUT2D eigenvalue weighted by Crippen LogP contribution is 2.30. The van der Waals surface area contributed by atoms with E-state index in [0.29, 0.717) is 18.1 Å². The molecule has 0 aliphatic rings. The third kappa shape index (κ3) is 4.21. The molecule has 0 spiro atoms. The Morgan fingerprint density at radius 2 is 2.00 bits per heavy atom. The van der Waals surface area contributed by atoms with Crippen LogP contribution in [0.25, 0.3) is 21.6 Å². The second kappa shape index (κ2) is 8.21. The number of carbonyl (C=O) groups is 1. The van der Waals surface area contributed by atoms with Gasteiger partial charge in [-0.1, -0.05) is 36.0 Å². The number of rotatable bonds is 6. The van der Waals surface area contributed by atoms with E-state index in [2.05, 4.69) is 10.4 Å². The first-order chi connectivity index (χ1) is 13.2. The summed E-state index contributed by atoms with van der Waals surface area (Å²) in [5.41, 5.74) is 2.06. The van der Waals surface area contributed by atoms with Crippen molar-refractivity contribution in [3.63, 3.8) is 0 Å². The van der Waals surface area contributed by atoms with Crippen molar-refractivity contribution in [2.24, 2.45) is 0 Å². The van der Waals surface area contributed by atoms with Gasteiger partial charge in [0.2, 0.25) is 5.91 Å². The summed E-state index contributed by atoms with van der Waals surface area (Å²) in [6, 6.07) is 14.0. The Morgan fingerprint density at radius 1 is 1.11 bits per heavy atom. The molecule has 3 aromatic heterocycles. The molecule has 0 aliphatic heterocycles. The highest BCUT2D eigenvalue weighted by Gasteiger charge is 2.14. The second-order valence-electron chi connectivity index (χ2n) is 6.02. The molecule has 4 nitrogen and oxygen atoms in total. The van der Waals surface area contributed by atoms with Crippen molar-refractivity contribution in [3.05, 3.63) is 64.2 Å². The minimum absolute atomic E-state index is 0.0894. The zero-order valence-electron chi connectivity index (χ0n) is 14.7. The van der Waals surface area contributed by atoms with Crippen LogP contribution < -0.4 is 0 Å². The average molecular weight is 412 g/mol. The van der Waals surface area contributed by atoms with Gasteiger partial charge in [-0.2, -0.15) is 11.3 Å². The lowest BCUT2D eigenvalue weighted by atomic mass is 10.2. The van der Waals surface area contributed by atoms with E-state index >= 15 is 0 Å². The number of thioether (sulfide) groups is 1. The topological polar surface area (TPSA) is 46.1 Å². The maximum atomic E-state index is 12.6. The lowest BCUT2D eigenvalue weighted by molar-refractivity contribution is -0.127. The van der Waals surface area contributed by atoms with Crippen LogP contribution in [0, 0.1) is 0 Å². The minimum atomic E-state index is 0.0894. The van der Waals surface area contributed by atoms with Crippen molar-refractivity contribution >= 4 is 51.2 Å². The van der Waals surface area contributed by atoms with Crippen LogP contribution in [0.2, 0.25) is 0 Å². The number of thiophene rings is 2.